The van der Waals surface area contributed by atoms with Crippen LogP contribution in [-0.2, 0) is 16.1 Å². The summed E-state index contributed by atoms with van der Waals surface area (Å²) in [5.41, 5.74) is 2.67. The molecule has 2 heterocycles. The third-order valence-corrected chi connectivity index (χ3v) is 4.20. The van der Waals surface area contributed by atoms with Crippen molar-refractivity contribution in [2.24, 2.45) is 0 Å². The normalized spacial score (nSPS) is 19.4. The highest BCUT2D eigenvalue weighted by molar-refractivity contribution is 5.76. The van der Waals surface area contributed by atoms with Crippen LogP contribution in [0.2, 0.25) is 0 Å². The van der Waals surface area contributed by atoms with Crippen molar-refractivity contribution in [2.45, 2.75) is 45.2 Å². The number of likely N-dealkylation sites (tertiary alicyclic amines) is 1. The molecule has 0 bridgehead atoms. The zero-order chi connectivity index (χ0) is 15.4. The second-order valence-corrected chi connectivity index (χ2v) is 5.68. The Labute approximate surface area is 129 Å². The lowest BCUT2D eigenvalue weighted by Crippen LogP contribution is -2.40. The van der Waals surface area contributed by atoms with Crippen molar-refractivity contribution in [1.82, 2.24) is 15.2 Å². The van der Waals surface area contributed by atoms with Gasteiger partial charge in [0, 0.05) is 12.6 Å². The van der Waals surface area contributed by atoms with Gasteiger partial charge in [-0.15, -0.1) is 0 Å². The molecule has 0 aliphatic carbocycles. The minimum absolute atomic E-state index is 0.110. The van der Waals surface area contributed by atoms with Gasteiger partial charge in [-0.3, -0.25) is 9.69 Å². The van der Waals surface area contributed by atoms with Crippen molar-refractivity contribution in [2.75, 3.05) is 13.2 Å². The number of benzene rings is 1. The summed E-state index contributed by atoms with van der Waals surface area (Å²) in [6.07, 6.45) is 3.81. The Hall–Kier alpha value is -1.95. The number of fused-ring (bicyclic) bond motifs is 1. The van der Waals surface area contributed by atoms with E-state index in [1.807, 2.05) is 25.1 Å². The molecular formula is C16H21N3O3. The lowest BCUT2D eigenvalue weighted by molar-refractivity contribution is -0.145. The lowest BCUT2D eigenvalue weighted by Gasteiger charge is -2.35. The average Bonchev–Trinajstić information content (AvgIpc) is 2.99. The molecule has 0 radical (unpaired) electrons. The molecule has 22 heavy (non-hydrogen) atoms. The Morgan fingerprint density at radius 2 is 2.32 bits per heavy atom. The Balaban J connectivity index is 1.73. The third-order valence-electron chi connectivity index (χ3n) is 4.20. The van der Waals surface area contributed by atoms with Crippen molar-refractivity contribution in [1.29, 1.82) is 0 Å². The van der Waals surface area contributed by atoms with Crippen LogP contribution in [0, 0.1) is 0 Å². The lowest BCUT2D eigenvalue weighted by atomic mass is 9.98. The largest absolute Gasteiger partial charge is 0.466 e. The highest BCUT2D eigenvalue weighted by Gasteiger charge is 2.26. The van der Waals surface area contributed by atoms with E-state index in [1.165, 1.54) is 0 Å². The van der Waals surface area contributed by atoms with Crippen molar-refractivity contribution < 1.29 is 14.2 Å². The van der Waals surface area contributed by atoms with E-state index in [-0.39, 0.29) is 12.0 Å². The van der Waals surface area contributed by atoms with Crippen LogP contribution < -0.4 is 0 Å². The number of aromatic nitrogens is 2. The predicted molar refractivity (Wildman–Crippen MR) is 81.1 cm³/mol. The molecule has 1 aliphatic rings. The molecule has 3 rings (SSSR count). The van der Waals surface area contributed by atoms with Gasteiger partial charge in [0.15, 0.2) is 0 Å². The highest BCUT2D eigenvalue weighted by Crippen LogP contribution is 2.24. The maximum atomic E-state index is 11.8. The van der Waals surface area contributed by atoms with Gasteiger partial charge in [0.25, 0.3) is 0 Å². The van der Waals surface area contributed by atoms with Gasteiger partial charge in [-0.05, 0) is 48.3 Å². The number of ether oxygens (including phenoxy) is 1. The molecule has 118 valence electrons. The van der Waals surface area contributed by atoms with E-state index < -0.39 is 0 Å². The number of hydrogen-bond donors (Lipinski definition) is 0. The summed E-state index contributed by atoms with van der Waals surface area (Å²) >= 11 is 0. The molecule has 6 nitrogen and oxygen atoms in total. The van der Waals surface area contributed by atoms with Crippen LogP contribution in [0.5, 0.6) is 0 Å². The molecule has 1 aromatic carbocycles. The Kier molecular flexibility index (Phi) is 4.68. The summed E-state index contributed by atoms with van der Waals surface area (Å²) in [4.78, 5) is 14.1. The number of piperidine rings is 1. The maximum Gasteiger partial charge on any atom is 0.307 e. The topological polar surface area (TPSA) is 68.5 Å². The molecule has 6 heteroatoms. The number of esters is 1. The molecule has 1 fully saturated rings. The summed E-state index contributed by atoms with van der Waals surface area (Å²) < 4.78 is 9.92. The zero-order valence-corrected chi connectivity index (χ0v) is 12.8. The molecule has 1 aromatic heterocycles. The molecule has 1 saturated heterocycles. The first-order valence-electron chi connectivity index (χ1n) is 7.87. The van der Waals surface area contributed by atoms with Crippen LogP contribution in [0.1, 0.15) is 38.2 Å². The average molecular weight is 303 g/mol. The fraction of sp³-hybridized carbons (Fsp3) is 0.562. The van der Waals surface area contributed by atoms with E-state index in [2.05, 4.69) is 15.2 Å². The van der Waals surface area contributed by atoms with E-state index in [1.54, 1.807) is 0 Å². The first kappa shape index (κ1) is 15.0. The first-order valence-corrected chi connectivity index (χ1v) is 7.87. The van der Waals surface area contributed by atoms with Crippen LogP contribution in [0.3, 0.4) is 0 Å². The highest BCUT2D eigenvalue weighted by atomic mass is 16.6. The minimum Gasteiger partial charge on any atom is -0.466 e. The van der Waals surface area contributed by atoms with E-state index in [0.29, 0.717) is 13.0 Å². The van der Waals surface area contributed by atoms with E-state index in [0.717, 1.165) is 48.9 Å². The minimum atomic E-state index is -0.110. The number of rotatable bonds is 5. The van der Waals surface area contributed by atoms with Crippen LogP contribution in [0.25, 0.3) is 11.0 Å². The molecule has 1 aliphatic heterocycles. The van der Waals surface area contributed by atoms with Crippen molar-refractivity contribution in [3.8, 4) is 0 Å². The van der Waals surface area contributed by atoms with Crippen molar-refractivity contribution in [3.63, 3.8) is 0 Å². The number of hydrogen-bond acceptors (Lipinski definition) is 6. The molecule has 0 N–H and O–H groups in total. The Bertz CT molecular complexity index is 640. The summed E-state index contributed by atoms with van der Waals surface area (Å²) in [7, 11) is 0. The zero-order valence-electron chi connectivity index (χ0n) is 12.8. The number of nitrogens with zero attached hydrogens (tertiary/aromatic N) is 3. The van der Waals surface area contributed by atoms with Crippen LogP contribution in [0.15, 0.2) is 22.8 Å². The van der Waals surface area contributed by atoms with Gasteiger partial charge in [-0.2, -0.15) is 0 Å². The monoisotopic (exact) mass is 303 g/mol. The smallest absolute Gasteiger partial charge is 0.307 e. The molecule has 0 unspecified atom stereocenters. The molecule has 0 amide bonds. The van der Waals surface area contributed by atoms with Gasteiger partial charge < -0.3 is 4.74 Å². The number of carbonyl (C=O) groups is 1. The molecular weight excluding hydrogens is 282 g/mol. The van der Waals surface area contributed by atoms with Crippen LogP contribution >= 0.6 is 0 Å². The number of carbonyl (C=O) groups excluding carboxylic acids is 1. The molecule has 1 atom stereocenters. The van der Waals surface area contributed by atoms with Gasteiger partial charge in [-0.1, -0.05) is 18.6 Å². The fourth-order valence-corrected chi connectivity index (χ4v) is 3.12. The maximum absolute atomic E-state index is 11.8. The second kappa shape index (κ2) is 6.87. The summed E-state index contributed by atoms with van der Waals surface area (Å²) in [6.45, 7) is 4.03. The molecule has 2 aromatic rings. The van der Waals surface area contributed by atoms with Crippen molar-refractivity contribution >= 4 is 17.0 Å². The van der Waals surface area contributed by atoms with Crippen molar-refractivity contribution in [3.05, 3.63) is 23.8 Å². The van der Waals surface area contributed by atoms with Crippen LogP contribution in [0.4, 0.5) is 0 Å². The predicted octanol–water partition coefficient (Wildman–Crippen LogP) is 2.53. The second-order valence-electron chi connectivity index (χ2n) is 5.68. The standard InChI is InChI=1S/C16H21N3O3/c1-2-21-15(20)10-13-7-3-4-9-19(13)11-12-6-5-8-14-16(12)18-22-17-14/h5-6,8,13H,2-4,7,9-11H2,1H3/t13-/m0/s1. The summed E-state index contributed by atoms with van der Waals surface area (Å²) in [5.74, 6) is -0.110. The molecule has 0 saturated carbocycles. The molecule has 0 spiro atoms. The Morgan fingerprint density at radius 1 is 1.41 bits per heavy atom. The SMILES string of the molecule is CCOC(=O)C[C@@H]1CCCCN1Cc1cccc2nonc12. The van der Waals surface area contributed by atoms with Crippen LogP contribution in [-0.4, -0.2) is 40.4 Å². The van der Waals surface area contributed by atoms with E-state index in [4.69, 9.17) is 9.37 Å². The summed E-state index contributed by atoms with van der Waals surface area (Å²) in [5, 5.41) is 7.88. The van der Waals surface area contributed by atoms with Gasteiger partial charge >= 0.3 is 5.97 Å². The van der Waals surface area contributed by atoms with E-state index >= 15 is 0 Å². The fourth-order valence-electron chi connectivity index (χ4n) is 3.12. The van der Waals surface area contributed by atoms with E-state index in [9.17, 15) is 4.79 Å². The Morgan fingerprint density at radius 3 is 3.18 bits per heavy atom. The van der Waals surface area contributed by atoms with Gasteiger partial charge in [0.2, 0.25) is 0 Å². The quantitative estimate of drug-likeness (QED) is 0.791. The van der Waals surface area contributed by atoms with Gasteiger partial charge in [-0.25, -0.2) is 4.63 Å². The first-order chi connectivity index (χ1) is 10.8. The summed E-state index contributed by atoms with van der Waals surface area (Å²) in [6, 6.07) is 6.14. The van der Waals surface area contributed by atoms with Gasteiger partial charge in [0.1, 0.15) is 11.0 Å². The van der Waals surface area contributed by atoms with Gasteiger partial charge in [0.05, 0.1) is 13.0 Å². The third kappa shape index (κ3) is 3.27.